The molecule has 3 unspecified atom stereocenters. The smallest absolute Gasteiger partial charge is 0.303 e. The van der Waals surface area contributed by atoms with Gasteiger partial charge in [0.1, 0.15) is 11.9 Å². The van der Waals surface area contributed by atoms with Crippen molar-refractivity contribution in [2.24, 2.45) is 11.8 Å². The Labute approximate surface area is 172 Å². The summed E-state index contributed by atoms with van der Waals surface area (Å²) in [6, 6.07) is 6.01. The molecule has 1 fully saturated rings. The Bertz CT molecular complexity index is 818. The SMILES string of the molecule is CC#CCC(C)[C@H](O)/C=C/[C@@H]1C2c3cccc(CCCC(=O)O)c3OC2C[C@H]1O. The molecule has 0 saturated heterocycles. The number of hydrogen-bond acceptors (Lipinski definition) is 4. The minimum atomic E-state index is -0.790. The van der Waals surface area contributed by atoms with Crippen LogP contribution in [0, 0.1) is 23.7 Å². The second kappa shape index (κ2) is 9.47. The summed E-state index contributed by atoms with van der Waals surface area (Å²) in [6.07, 6.45) is 5.07. The number of aliphatic carboxylic acids is 1. The van der Waals surface area contributed by atoms with E-state index in [0.29, 0.717) is 25.7 Å². The first-order valence-electron chi connectivity index (χ1n) is 10.4. The standard InChI is InChI=1S/C24H30O5/c1-3-4-7-15(2)19(25)13-12-17-20(26)14-21-23(17)18-10-5-8-16(24(18)29-21)9-6-11-22(27)28/h5,8,10,12-13,15,17,19-21,23,25-26H,6-7,9,11,14H2,1-2H3,(H,27,28)/b13-12+/t15?,17-,19+,20+,21?,23?/m0/s1. The third-order valence-electron chi connectivity index (χ3n) is 6.04. The normalized spacial score (nSPS) is 26.9. The third-order valence-corrected chi connectivity index (χ3v) is 6.04. The van der Waals surface area contributed by atoms with Gasteiger partial charge in [-0.25, -0.2) is 0 Å². The number of aliphatic hydroxyl groups excluding tert-OH is 2. The Morgan fingerprint density at radius 3 is 2.93 bits per heavy atom. The minimum Gasteiger partial charge on any atom is -0.489 e. The highest BCUT2D eigenvalue weighted by atomic mass is 16.5. The van der Waals surface area contributed by atoms with E-state index >= 15 is 0 Å². The van der Waals surface area contributed by atoms with Gasteiger partial charge in [-0.15, -0.1) is 11.8 Å². The number of para-hydroxylation sites is 1. The molecule has 5 nitrogen and oxygen atoms in total. The summed E-state index contributed by atoms with van der Waals surface area (Å²) in [5.74, 6) is 5.87. The summed E-state index contributed by atoms with van der Waals surface area (Å²) in [6.45, 7) is 3.75. The van der Waals surface area contributed by atoms with Crippen molar-refractivity contribution in [3.63, 3.8) is 0 Å². The van der Waals surface area contributed by atoms with Crippen LogP contribution in [0.25, 0.3) is 0 Å². The molecule has 0 aromatic heterocycles. The minimum absolute atomic E-state index is 0.0287. The van der Waals surface area contributed by atoms with Gasteiger partial charge in [0, 0.05) is 36.7 Å². The van der Waals surface area contributed by atoms with Crippen LogP contribution in [-0.4, -0.2) is 39.6 Å². The van der Waals surface area contributed by atoms with Crippen molar-refractivity contribution >= 4 is 5.97 Å². The average Bonchev–Trinajstić information content (AvgIpc) is 3.19. The summed E-state index contributed by atoms with van der Waals surface area (Å²) in [4.78, 5) is 10.8. The Hall–Kier alpha value is -2.29. The van der Waals surface area contributed by atoms with E-state index in [9.17, 15) is 15.0 Å². The van der Waals surface area contributed by atoms with Crippen LogP contribution in [0.3, 0.4) is 0 Å². The van der Waals surface area contributed by atoms with Crippen molar-refractivity contribution in [3.8, 4) is 17.6 Å². The van der Waals surface area contributed by atoms with Gasteiger partial charge in [-0.05, 0) is 31.2 Å². The molecule has 3 N–H and O–H groups in total. The lowest BCUT2D eigenvalue weighted by atomic mass is 9.86. The highest BCUT2D eigenvalue weighted by Gasteiger charge is 2.48. The van der Waals surface area contributed by atoms with Gasteiger partial charge in [-0.2, -0.15) is 0 Å². The maximum Gasteiger partial charge on any atom is 0.303 e. The monoisotopic (exact) mass is 398 g/mol. The molecule has 6 atom stereocenters. The fourth-order valence-corrected chi connectivity index (χ4v) is 4.41. The van der Waals surface area contributed by atoms with E-state index in [-0.39, 0.29) is 30.3 Å². The maximum atomic E-state index is 10.8. The summed E-state index contributed by atoms with van der Waals surface area (Å²) in [5, 5.41) is 29.9. The quantitative estimate of drug-likeness (QED) is 0.462. The van der Waals surface area contributed by atoms with Gasteiger partial charge in [0.05, 0.1) is 12.2 Å². The molecule has 1 saturated carbocycles. The van der Waals surface area contributed by atoms with Gasteiger partial charge in [0.15, 0.2) is 0 Å². The molecule has 2 aliphatic rings. The predicted octanol–water partition coefficient (Wildman–Crippen LogP) is 3.29. The Morgan fingerprint density at radius 1 is 1.41 bits per heavy atom. The topological polar surface area (TPSA) is 87.0 Å². The van der Waals surface area contributed by atoms with Crippen LogP contribution in [0.15, 0.2) is 30.4 Å². The number of aryl methyl sites for hydroxylation is 1. The predicted molar refractivity (Wildman–Crippen MR) is 111 cm³/mol. The maximum absolute atomic E-state index is 10.8. The van der Waals surface area contributed by atoms with E-state index in [1.807, 2.05) is 31.2 Å². The third kappa shape index (κ3) is 4.83. The van der Waals surface area contributed by atoms with E-state index < -0.39 is 18.2 Å². The van der Waals surface area contributed by atoms with Crippen molar-refractivity contribution in [1.82, 2.24) is 0 Å². The number of carbonyl (C=O) groups is 1. The van der Waals surface area contributed by atoms with Crippen LogP contribution in [0.1, 0.15) is 56.6 Å². The molecule has 29 heavy (non-hydrogen) atoms. The second-order valence-electron chi connectivity index (χ2n) is 8.13. The number of hydrogen-bond donors (Lipinski definition) is 3. The fourth-order valence-electron chi connectivity index (χ4n) is 4.41. The van der Waals surface area contributed by atoms with Gasteiger partial charge >= 0.3 is 5.97 Å². The number of benzene rings is 1. The number of ether oxygens (including phenoxy) is 1. The van der Waals surface area contributed by atoms with Gasteiger partial charge in [-0.3, -0.25) is 4.79 Å². The van der Waals surface area contributed by atoms with Crippen molar-refractivity contribution < 1.29 is 24.9 Å². The van der Waals surface area contributed by atoms with E-state index in [1.54, 1.807) is 13.0 Å². The van der Waals surface area contributed by atoms with Gasteiger partial charge < -0.3 is 20.1 Å². The summed E-state index contributed by atoms with van der Waals surface area (Å²) in [7, 11) is 0. The zero-order valence-electron chi connectivity index (χ0n) is 17.0. The average molecular weight is 398 g/mol. The van der Waals surface area contributed by atoms with Crippen molar-refractivity contribution in [1.29, 1.82) is 0 Å². The van der Waals surface area contributed by atoms with E-state index in [4.69, 9.17) is 9.84 Å². The Kier molecular flexibility index (Phi) is 7.00. The molecule has 1 aromatic rings. The van der Waals surface area contributed by atoms with Crippen LogP contribution in [0.5, 0.6) is 5.75 Å². The first-order valence-corrected chi connectivity index (χ1v) is 10.4. The first-order chi connectivity index (χ1) is 13.9. The highest BCUT2D eigenvalue weighted by Crippen LogP contribution is 2.52. The number of aliphatic hydroxyl groups is 2. The summed E-state index contributed by atoms with van der Waals surface area (Å²) >= 11 is 0. The zero-order valence-corrected chi connectivity index (χ0v) is 17.0. The van der Waals surface area contributed by atoms with Crippen molar-refractivity contribution in [3.05, 3.63) is 41.5 Å². The van der Waals surface area contributed by atoms with Crippen LogP contribution in [0.4, 0.5) is 0 Å². The van der Waals surface area contributed by atoms with Crippen LogP contribution in [0.2, 0.25) is 0 Å². The molecular formula is C24H30O5. The lowest BCUT2D eigenvalue weighted by molar-refractivity contribution is -0.137. The molecule has 0 spiro atoms. The van der Waals surface area contributed by atoms with E-state index in [0.717, 1.165) is 16.9 Å². The van der Waals surface area contributed by atoms with Crippen LogP contribution in [-0.2, 0) is 11.2 Å². The number of carboxylic acid groups (broad SMARTS) is 1. The molecule has 156 valence electrons. The largest absolute Gasteiger partial charge is 0.489 e. The number of rotatable bonds is 8. The molecule has 5 heteroatoms. The lowest BCUT2D eigenvalue weighted by Gasteiger charge is -2.19. The van der Waals surface area contributed by atoms with Crippen molar-refractivity contribution in [2.45, 2.75) is 70.2 Å². The van der Waals surface area contributed by atoms with E-state index in [2.05, 4.69) is 11.8 Å². The molecule has 1 aliphatic heterocycles. The molecule has 1 aliphatic carbocycles. The summed E-state index contributed by atoms with van der Waals surface area (Å²) in [5.41, 5.74) is 2.11. The number of carboxylic acids is 1. The molecule has 3 rings (SSSR count). The summed E-state index contributed by atoms with van der Waals surface area (Å²) < 4.78 is 6.21. The van der Waals surface area contributed by atoms with Gasteiger partial charge in [-0.1, -0.05) is 37.3 Å². The van der Waals surface area contributed by atoms with Crippen LogP contribution < -0.4 is 4.74 Å². The second-order valence-corrected chi connectivity index (χ2v) is 8.13. The first kappa shape index (κ1) is 21.4. The zero-order chi connectivity index (χ0) is 21.0. The van der Waals surface area contributed by atoms with E-state index in [1.165, 1.54) is 0 Å². The molecular weight excluding hydrogens is 368 g/mol. The molecule has 0 amide bonds. The lowest BCUT2D eigenvalue weighted by Crippen LogP contribution is -2.19. The Morgan fingerprint density at radius 2 is 2.21 bits per heavy atom. The highest BCUT2D eigenvalue weighted by molar-refractivity contribution is 5.66. The Balaban J connectivity index is 1.75. The molecule has 0 radical (unpaired) electrons. The van der Waals surface area contributed by atoms with Gasteiger partial charge in [0.2, 0.25) is 0 Å². The van der Waals surface area contributed by atoms with Gasteiger partial charge in [0.25, 0.3) is 0 Å². The molecule has 1 heterocycles. The number of fused-ring (bicyclic) bond motifs is 3. The molecule has 0 bridgehead atoms. The van der Waals surface area contributed by atoms with Crippen molar-refractivity contribution in [2.75, 3.05) is 0 Å². The molecule has 1 aromatic carbocycles. The fraction of sp³-hybridized carbons (Fsp3) is 0.542. The van der Waals surface area contributed by atoms with Crippen LogP contribution >= 0.6 is 0 Å².